The van der Waals surface area contributed by atoms with E-state index >= 15 is 0 Å². The Bertz CT molecular complexity index is 307. The molecule has 0 N–H and O–H groups in total. The summed E-state index contributed by atoms with van der Waals surface area (Å²) in [6.07, 6.45) is 1.23. The van der Waals surface area contributed by atoms with Gasteiger partial charge in [0.15, 0.2) is 0 Å². The minimum absolute atomic E-state index is 0.0275. The van der Waals surface area contributed by atoms with Crippen LogP contribution in [0.1, 0.15) is 68.7 Å². The van der Waals surface area contributed by atoms with Crippen LogP contribution in [0.25, 0.3) is 0 Å². The minimum Gasteiger partial charge on any atom is -0.172 e. The minimum atomic E-state index is 0.0275. The largest absolute Gasteiger partial charge is 0.172 e. The van der Waals surface area contributed by atoms with Gasteiger partial charge < -0.3 is 0 Å². The van der Waals surface area contributed by atoms with Gasteiger partial charge in [-0.05, 0) is 27.5 Å². The van der Waals surface area contributed by atoms with Gasteiger partial charge in [-0.2, -0.15) is 12.6 Å². The zero-order valence-corrected chi connectivity index (χ0v) is 15.1. The van der Waals surface area contributed by atoms with Crippen LogP contribution >= 0.6 is 12.6 Å². The zero-order valence-electron chi connectivity index (χ0n) is 14.2. The van der Waals surface area contributed by atoms with Crippen molar-refractivity contribution in [3.05, 3.63) is 0 Å². The van der Waals surface area contributed by atoms with E-state index in [-0.39, 0.29) is 20.9 Å². The highest BCUT2D eigenvalue weighted by atomic mass is 32.1. The summed E-state index contributed by atoms with van der Waals surface area (Å²) in [5, 5.41) is 0.230. The molecule has 0 radical (unpaired) electrons. The van der Waals surface area contributed by atoms with Gasteiger partial charge in [0.2, 0.25) is 0 Å². The zero-order chi connectivity index (χ0) is 14.8. The smallest absolute Gasteiger partial charge is 0.111 e. The molecule has 0 aliphatic heterocycles. The molecule has 3 atom stereocenters. The van der Waals surface area contributed by atoms with Crippen LogP contribution in [0.2, 0.25) is 5.31 Å². The molecule has 1 fully saturated rings. The van der Waals surface area contributed by atoms with Crippen molar-refractivity contribution in [3.63, 3.8) is 0 Å². The highest BCUT2D eigenvalue weighted by molar-refractivity contribution is 7.82. The molecule has 1 aliphatic rings. The van der Waals surface area contributed by atoms with Crippen molar-refractivity contribution >= 4 is 20.5 Å². The van der Waals surface area contributed by atoms with Gasteiger partial charge in [0.05, 0.1) is 0 Å². The molecule has 0 heterocycles. The van der Waals surface area contributed by atoms with Crippen molar-refractivity contribution in [3.8, 4) is 0 Å². The van der Waals surface area contributed by atoms with Crippen molar-refractivity contribution < 1.29 is 0 Å². The number of rotatable bonds is 1. The van der Waals surface area contributed by atoms with Crippen LogP contribution in [-0.4, -0.2) is 12.6 Å². The molecule has 1 aliphatic carbocycles. The summed E-state index contributed by atoms with van der Waals surface area (Å²) in [4.78, 5) is 0. The Morgan fingerprint density at radius 1 is 0.889 bits per heavy atom. The molecule has 1 rings (SSSR count). The van der Waals surface area contributed by atoms with E-state index in [0.29, 0.717) is 11.3 Å². The highest BCUT2D eigenvalue weighted by Gasteiger charge is 2.68. The molecule has 0 nitrogen and oxygen atoms in total. The molecular weight excluding hydrogens is 235 g/mol. The van der Waals surface area contributed by atoms with Gasteiger partial charge >= 0.3 is 0 Å². The van der Waals surface area contributed by atoms with E-state index in [9.17, 15) is 0 Å². The van der Waals surface area contributed by atoms with Crippen LogP contribution in [-0.2, 0) is 0 Å². The average Bonchev–Trinajstić information content (AvgIpc) is 2.15. The van der Waals surface area contributed by atoms with Gasteiger partial charge in [-0.25, -0.2) is 0 Å². The molecule has 0 saturated heterocycles. The van der Waals surface area contributed by atoms with Crippen molar-refractivity contribution in [1.29, 1.82) is 0 Å². The summed E-state index contributed by atoms with van der Waals surface area (Å²) >= 11 is 5.18. The third kappa shape index (κ3) is 1.53. The molecule has 3 unspecified atom stereocenters. The first kappa shape index (κ1) is 16.5. The van der Waals surface area contributed by atoms with Gasteiger partial charge in [-0.15, -0.1) is 0 Å². The Labute approximate surface area is 122 Å². The lowest BCUT2D eigenvalue weighted by molar-refractivity contribution is -0.144. The van der Waals surface area contributed by atoms with E-state index < -0.39 is 0 Å². The Hall–Kier alpha value is 0.415. The van der Waals surface area contributed by atoms with Gasteiger partial charge in [-0.1, -0.05) is 68.7 Å². The van der Waals surface area contributed by atoms with Gasteiger partial charge in [0, 0.05) is 4.75 Å². The van der Waals surface area contributed by atoms with Crippen molar-refractivity contribution in [1.82, 2.24) is 0 Å². The quantitative estimate of drug-likeness (QED) is 0.521. The van der Waals surface area contributed by atoms with E-state index in [1.807, 2.05) is 0 Å². The topological polar surface area (TPSA) is 0 Å². The van der Waals surface area contributed by atoms with E-state index in [2.05, 4.69) is 70.2 Å². The first-order valence-corrected chi connectivity index (χ1v) is 7.86. The fourth-order valence-corrected chi connectivity index (χ4v) is 5.35. The fourth-order valence-electron chi connectivity index (χ4n) is 4.92. The van der Waals surface area contributed by atoms with Gasteiger partial charge in [-0.3, -0.25) is 0 Å². The molecule has 1 saturated carbocycles. The second-order valence-electron chi connectivity index (χ2n) is 8.73. The van der Waals surface area contributed by atoms with Crippen LogP contribution in [0.4, 0.5) is 0 Å². The molecule has 18 heavy (non-hydrogen) atoms. The van der Waals surface area contributed by atoms with Crippen LogP contribution in [0.3, 0.4) is 0 Å². The Balaban J connectivity index is 3.59. The maximum Gasteiger partial charge on any atom is 0.111 e. The molecule has 2 heteroatoms. The highest BCUT2D eigenvalue weighted by Crippen LogP contribution is 2.74. The molecule has 0 spiro atoms. The SMILES string of the molecule is BC1(C)C(CC)C(C)(C)C(C)(C)C(C)(C)C1(C)S. The standard InChI is InChI=1S/C16H33BS/c1-10-11-12(2,3)13(4,5)14(6,7)16(9,18)15(11,8)17/h11,18H,10,17H2,1-9H3. The van der Waals surface area contributed by atoms with Crippen molar-refractivity contribution in [2.24, 2.45) is 22.2 Å². The summed E-state index contributed by atoms with van der Waals surface area (Å²) in [7, 11) is 2.42. The number of hydrogen-bond donors (Lipinski definition) is 1. The molecule has 0 aromatic heterocycles. The third-order valence-electron chi connectivity index (χ3n) is 7.80. The van der Waals surface area contributed by atoms with Crippen LogP contribution in [0, 0.1) is 22.2 Å². The summed E-state index contributed by atoms with van der Waals surface area (Å²) in [6, 6.07) is 0. The van der Waals surface area contributed by atoms with E-state index in [4.69, 9.17) is 12.6 Å². The maximum atomic E-state index is 5.18. The average molecular weight is 268 g/mol. The molecule has 0 amide bonds. The van der Waals surface area contributed by atoms with Crippen molar-refractivity contribution in [2.45, 2.75) is 78.8 Å². The summed E-state index contributed by atoms with van der Waals surface area (Å²) in [5.74, 6) is 0.690. The first-order chi connectivity index (χ1) is 7.69. The van der Waals surface area contributed by atoms with Crippen LogP contribution in [0.15, 0.2) is 0 Å². The molecule has 0 bridgehead atoms. The fraction of sp³-hybridized carbons (Fsp3) is 1.00. The summed E-state index contributed by atoms with van der Waals surface area (Å²) in [6.45, 7) is 21.8. The summed E-state index contributed by atoms with van der Waals surface area (Å²) in [5.41, 5.74) is 0.755. The number of hydrogen-bond acceptors (Lipinski definition) is 1. The summed E-state index contributed by atoms with van der Waals surface area (Å²) < 4.78 is 0.0275. The third-order valence-corrected chi connectivity index (χ3v) is 8.93. The van der Waals surface area contributed by atoms with Crippen LogP contribution < -0.4 is 0 Å². The Morgan fingerprint density at radius 3 is 1.61 bits per heavy atom. The second kappa shape index (κ2) is 3.96. The van der Waals surface area contributed by atoms with E-state index in [1.54, 1.807) is 0 Å². The predicted molar refractivity (Wildman–Crippen MR) is 89.4 cm³/mol. The lowest BCUT2D eigenvalue weighted by Crippen LogP contribution is -2.67. The molecular formula is C16H33BS. The first-order valence-electron chi connectivity index (χ1n) is 7.42. The normalized spacial score (nSPS) is 45.8. The van der Waals surface area contributed by atoms with E-state index in [0.717, 1.165) is 0 Å². The van der Waals surface area contributed by atoms with Crippen LogP contribution in [0.5, 0.6) is 0 Å². The Morgan fingerprint density at radius 2 is 1.28 bits per heavy atom. The van der Waals surface area contributed by atoms with E-state index in [1.165, 1.54) is 6.42 Å². The number of thiol groups is 1. The molecule has 106 valence electrons. The predicted octanol–water partition coefficient (Wildman–Crippen LogP) is 4.61. The van der Waals surface area contributed by atoms with Gasteiger partial charge in [0.1, 0.15) is 7.85 Å². The molecule has 0 aromatic rings. The lowest BCUT2D eigenvalue weighted by atomic mass is 9.32. The maximum absolute atomic E-state index is 5.18. The molecule has 0 aromatic carbocycles. The monoisotopic (exact) mass is 268 g/mol. The lowest BCUT2D eigenvalue weighted by Gasteiger charge is -2.72. The second-order valence-corrected chi connectivity index (χ2v) is 9.62. The Kier molecular flexibility index (Phi) is 3.62. The van der Waals surface area contributed by atoms with Crippen molar-refractivity contribution in [2.75, 3.05) is 0 Å². The van der Waals surface area contributed by atoms with Gasteiger partial charge in [0.25, 0.3) is 0 Å².